The molecule has 0 saturated carbocycles. The number of benzene rings is 2. The van der Waals surface area contributed by atoms with Crippen LogP contribution in [0, 0.1) is 11.3 Å². The molecule has 7 nitrogen and oxygen atoms in total. The van der Waals surface area contributed by atoms with Gasteiger partial charge in [-0.1, -0.05) is 56.8 Å². The van der Waals surface area contributed by atoms with Crippen molar-refractivity contribution in [3.05, 3.63) is 77.3 Å². The fourth-order valence-corrected chi connectivity index (χ4v) is 4.99. The standard InChI is InChI=1S/C28H32N4O3S/c1-5-25(34)30-16-21(13-19-9-7-6-8-10-19)27(29)28(35)23(31-18(4)33)15-26-32-22-12-11-20(17(2)3)14-24(22)36-26/h5-12,14,17,21,23,29H,1,13,15-16H2,2-4H3,(H,30,34)(H,31,33)/t21-,23-/m0/s1. The maximum Gasteiger partial charge on any atom is 0.243 e. The number of ketones is 1. The molecule has 0 aliphatic heterocycles. The van der Waals surface area contributed by atoms with E-state index < -0.39 is 17.7 Å². The van der Waals surface area contributed by atoms with Crippen molar-refractivity contribution in [2.24, 2.45) is 5.92 Å². The Hall–Kier alpha value is -3.65. The molecule has 3 rings (SSSR count). The van der Waals surface area contributed by atoms with Gasteiger partial charge in [0.2, 0.25) is 11.8 Å². The summed E-state index contributed by atoms with van der Waals surface area (Å²) in [4.78, 5) is 41.9. The van der Waals surface area contributed by atoms with Crippen LogP contribution in [0.3, 0.4) is 0 Å². The summed E-state index contributed by atoms with van der Waals surface area (Å²) in [6.07, 6.45) is 1.74. The highest BCUT2D eigenvalue weighted by Gasteiger charge is 2.30. The number of carbonyl (C=O) groups excluding carboxylic acids is 3. The van der Waals surface area contributed by atoms with Gasteiger partial charge in [-0.3, -0.25) is 14.4 Å². The molecule has 188 valence electrons. The average molecular weight is 505 g/mol. The molecule has 2 atom stereocenters. The highest BCUT2D eigenvalue weighted by Crippen LogP contribution is 2.27. The number of rotatable bonds is 12. The summed E-state index contributed by atoms with van der Waals surface area (Å²) in [5.41, 5.74) is 2.85. The molecule has 8 heteroatoms. The van der Waals surface area contributed by atoms with E-state index in [2.05, 4.69) is 42.1 Å². The minimum Gasteiger partial charge on any atom is -0.352 e. The Morgan fingerprint density at radius 2 is 1.83 bits per heavy atom. The van der Waals surface area contributed by atoms with E-state index in [0.717, 1.165) is 21.9 Å². The molecular formula is C28H32N4O3S. The van der Waals surface area contributed by atoms with Gasteiger partial charge in [0.15, 0.2) is 5.78 Å². The summed E-state index contributed by atoms with van der Waals surface area (Å²) < 4.78 is 1.02. The van der Waals surface area contributed by atoms with Crippen LogP contribution < -0.4 is 10.6 Å². The number of fused-ring (bicyclic) bond motifs is 1. The molecule has 0 radical (unpaired) electrons. The van der Waals surface area contributed by atoms with Crippen molar-refractivity contribution in [1.29, 1.82) is 5.41 Å². The summed E-state index contributed by atoms with van der Waals surface area (Å²) in [6, 6.07) is 14.7. The Morgan fingerprint density at radius 1 is 1.11 bits per heavy atom. The lowest BCUT2D eigenvalue weighted by Crippen LogP contribution is -2.47. The number of hydrogen-bond acceptors (Lipinski definition) is 6. The molecule has 1 aromatic heterocycles. The van der Waals surface area contributed by atoms with Crippen LogP contribution in [0.4, 0.5) is 0 Å². The molecule has 0 aliphatic carbocycles. The molecule has 2 amide bonds. The molecule has 0 fully saturated rings. The Kier molecular flexibility index (Phi) is 9.25. The third-order valence-corrected chi connectivity index (χ3v) is 6.94. The summed E-state index contributed by atoms with van der Waals surface area (Å²) in [5.74, 6) is -1.40. The molecule has 0 spiro atoms. The van der Waals surface area contributed by atoms with E-state index in [1.54, 1.807) is 0 Å². The third-order valence-electron chi connectivity index (χ3n) is 5.90. The Bertz CT molecular complexity index is 1270. The predicted molar refractivity (Wildman–Crippen MR) is 145 cm³/mol. The summed E-state index contributed by atoms with van der Waals surface area (Å²) >= 11 is 1.49. The number of hydrogen-bond donors (Lipinski definition) is 3. The normalized spacial score (nSPS) is 12.7. The fraction of sp³-hybridized carbons (Fsp3) is 0.321. The molecule has 0 bridgehead atoms. The molecule has 0 saturated heterocycles. The summed E-state index contributed by atoms with van der Waals surface area (Å²) in [7, 11) is 0. The number of nitrogens with zero attached hydrogens (tertiary/aromatic N) is 1. The van der Waals surface area contributed by atoms with Gasteiger partial charge < -0.3 is 16.0 Å². The van der Waals surface area contributed by atoms with E-state index in [4.69, 9.17) is 5.41 Å². The van der Waals surface area contributed by atoms with E-state index in [9.17, 15) is 14.4 Å². The van der Waals surface area contributed by atoms with Crippen LogP contribution in [0.2, 0.25) is 0 Å². The highest BCUT2D eigenvalue weighted by atomic mass is 32.1. The maximum absolute atomic E-state index is 13.5. The van der Waals surface area contributed by atoms with Gasteiger partial charge in [-0.25, -0.2) is 4.98 Å². The lowest BCUT2D eigenvalue weighted by molar-refractivity contribution is -0.123. The van der Waals surface area contributed by atoms with Gasteiger partial charge in [0.05, 0.1) is 27.0 Å². The van der Waals surface area contributed by atoms with E-state index in [1.807, 2.05) is 42.5 Å². The van der Waals surface area contributed by atoms with Gasteiger partial charge in [0, 0.05) is 25.8 Å². The SMILES string of the molecule is C=CC(=O)NC[C@H](Cc1ccccc1)C(=N)C(=O)[C@H](Cc1nc2ccc(C(C)C)cc2s1)NC(C)=O. The van der Waals surface area contributed by atoms with Crippen LogP contribution in [-0.4, -0.2) is 40.9 Å². The van der Waals surface area contributed by atoms with Crippen LogP contribution in [0.1, 0.15) is 42.8 Å². The third kappa shape index (κ3) is 7.18. The Balaban J connectivity index is 1.84. The predicted octanol–water partition coefficient (Wildman–Crippen LogP) is 4.22. The second kappa shape index (κ2) is 12.4. The second-order valence-electron chi connectivity index (χ2n) is 9.06. The number of thiazole rings is 1. The monoisotopic (exact) mass is 504 g/mol. The second-order valence-corrected chi connectivity index (χ2v) is 10.2. The van der Waals surface area contributed by atoms with Crippen LogP contribution in [-0.2, 0) is 27.2 Å². The van der Waals surface area contributed by atoms with Gasteiger partial charge in [-0.05, 0) is 41.7 Å². The Labute approximate surface area is 215 Å². The van der Waals surface area contributed by atoms with Crippen LogP contribution in [0.25, 0.3) is 10.2 Å². The van der Waals surface area contributed by atoms with Gasteiger partial charge in [-0.2, -0.15) is 0 Å². The average Bonchev–Trinajstić information content (AvgIpc) is 3.26. The molecule has 3 aromatic rings. The van der Waals surface area contributed by atoms with Crippen molar-refractivity contribution in [2.45, 2.75) is 45.6 Å². The van der Waals surface area contributed by atoms with Crippen LogP contribution in [0.15, 0.2) is 61.2 Å². The van der Waals surface area contributed by atoms with E-state index >= 15 is 0 Å². The first-order chi connectivity index (χ1) is 17.2. The lowest BCUT2D eigenvalue weighted by atomic mass is 9.89. The first-order valence-corrected chi connectivity index (χ1v) is 12.7. The Morgan fingerprint density at radius 3 is 2.47 bits per heavy atom. The van der Waals surface area contributed by atoms with Crippen LogP contribution in [0.5, 0.6) is 0 Å². The molecule has 2 aromatic carbocycles. The van der Waals surface area contributed by atoms with E-state index in [1.165, 1.54) is 23.8 Å². The summed E-state index contributed by atoms with van der Waals surface area (Å²) in [5, 5.41) is 14.9. The zero-order valence-corrected chi connectivity index (χ0v) is 21.7. The molecular weight excluding hydrogens is 472 g/mol. The van der Waals surface area contributed by atoms with Gasteiger partial charge in [0.25, 0.3) is 0 Å². The fourth-order valence-electron chi connectivity index (χ4n) is 3.92. The minimum absolute atomic E-state index is 0.107. The molecule has 0 unspecified atom stereocenters. The zero-order chi connectivity index (χ0) is 26.2. The number of Topliss-reactive ketones (excluding diaryl/α,β-unsaturated/α-hetero) is 1. The lowest BCUT2D eigenvalue weighted by Gasteiger charge is -2.22. The molecule has 0 aliphatic rings. The number of carbonyl (C=O) groups is 3. The topological polar surface area (TPSA) is 112 Å². The van der Waals surface area contributed by atoms with Crippen molar-refractivity contribution in [3.8, 4) is 0 Å². The van der Waals surface area contributed by atoms with E-state index in [-0.39, 0.29) is 30.5 Å². The van der Waals surface area contributed by atoms with Crippen LogP contribution >= 0.6 is 11.3 Å². The number of nitrogens with one attached hydrogen (secondary N) is 3. The zero-order valence-electron chi connectivity index (χ0n) is 20.8. The smallest absolute Gasteiger partial charge is 0.243 e. The highest BCUT2D eigenvalue weighted by molar-refractivity contribution is 7.18. The molecule has 1 heterocycles. The number of aromatic nitrogens is 1. The van der Waals surface area contributed by atoms with Crippen molar-refractivity contribution < 1.29 is 14.4 Å². The van der Waals surface area contributed by atoms with Crippen molar-refractivity contribution in [1.82, 2.24) is 15.6 Å². The molecule has 36 heavy (non-hydrogen) atoms. The van der Waals surface area contributed by atoms with Crippen molar-refractivity contribution >= 4 is 44.9 Å². The first kappa shape index (κ1) is 26.9. The quantitative estimate of drug-likeness (QED) is 0.253. The van der Waals surface area contributed by atoms with Gasteiger partial charge in [0.1, 0.15) is 0 Å². The first-order valence-electron chi connectivity index (χ1n) is 11.9. The van der Waals surface area contributed by atoms with Gasteiger partial charge in [-0.15, -0.1) is 11.3 Å². The largest absolute Gasteiger partial charge is 0.352 e. The van der Waals surface area contributed by atoms with Crippen molar-refractivity contribution in [2.75, 3.05) is 6.54 Å². The summed E-state index contributed by atoms with van der Waals surface area (Å²) in [6.45, 7) is 9.17. The minimum atomic E-state index is -0.923. The van der Waals surface area contributed by atoms with Gasteiger partial charge >= 0.3 is 0 Å². The van der Waals surface area contributed by atoms with Crippen molar-refractivity contribution in [3.63, 3.8) is 0 Å². The van der Waals surface area contributed by atoms with E-state index in [0.29, 0.717) is 17.3 Å². The number of amides is 2. The maximum atomic E-state index is 13.5. The molecule has 3 N–H and O–H groups in total.